The molecule has 0 fully saturated rings. The number of nitrogen functional groups attached to an aromatic ring is 1. The molecular weight excluding hydrogens is 182 g/mol. The molecule has 0 aliphatic rings. The van der Waals surface area contributed by atoms with Crippen LogP contribution >= 0.6 is 0 Å². The van der Waals surface area contributed by atoms with Gasteiger partial charge in [-0.1, -0.05) is 0 Å². The molecule has 5 heteroatoms. The van der Waals surface area contributed by atoms with E-state index in [1.54, 1.807) is 12.3 Å². The average Bonchev–Trinajstić information content (AvgIpc) is 2.08. The molecule has 0 saturated carbocycles. The maximum absolute atomic E-state index is 11.2. The van der Waals surface area contributed by atoms with Crippen LogP contribution in [-0.2, 0) is 11.3 Å². The lowest BCUT2D eigenvalue weighted by atomic mass is 10.5. The minimum absolute atomic E-state index is 0.174. The predicted molar refractivity (Wildman–Crippen MR) is 54.0 cm³/mol. The van der Waals surface area contributed by atoms with Crippen LogP contribution < -0.4 is 11.4 Å². The number of aromatic nitrogens is 2. The maximum atomic E-state index is 11.2. The molecule has 0 bridgehead atoms. The normalized spacial score (nSPS) is 10.8. The summed E-state index contributed by atoms with van der Waals surface area (Å²) in [6.45, 7) is 4.90. The molecule has 0 atom stereocenters. The number of hydrogen-bond donors (Lipinski definition) is 1. The van der Waals surface area contributed by atoms with Gasteiger partial charge in [0.1, 0.15) is 5.82 Å². The molecule has 0 aliphatic carbocycles. The summed E-state index contributed by atoms with van der Waals surface area (Å²) in [5.74, 6) is 0.246. The van der Waals surface area contributed by atoms with Gasteiger partial charge in [0, 0.05) is 6.20 Å². The van der Waals surface area contributed by atoms with E-state index in [4.69, 9.17) is 10.5 Å². The highest BCUT2D eigenvalue weighted by atomic mass is 16.5. The fourth-order valence-electron chi connectivity index (χ4n) is 0.999. The van der Waals surface area contributed by atoms with Gasteiger partial charge in [-0.3, -0.25) is 4.57 Å². The summed E-state index contributed by atoms with van der Waals surface area (Å²) < 4.78 is 6.78. The molecule has 5 nitrogen and oxygen atoms in total. The summed E-state index contributed by atoms with van der Waals surface area (Å²) in [5, 5.41) is 0. The van der Waals surface area contributed by atoms with Crippen molar-refractivity contribution < 1.29 is 4.74 Å². The Morgan fingerprint density at radius 2 is 2.36 bits per heavy atom. The molecule has 1 aromatic heterocycles. The molecular formula is C9H15N3O2. The van der Waals surface area contributed by atoms with Gasteiger partial charge in [-0.15, -0.1) is 0 Å². The Kier molecular flexibility index (Phi) is 3.64. The first kappa shape index (κ1) is 10.7. The fraction of sp³-hybridized carbons (Fsp3) is 0.556. The first-order chi connectivity index (χ1) is 6.59. The lowest BCUT2D eigenvalue weighted by molar-refractivity contribution is 0.0720. The van der Waals surface area contributed by atoms with Gasteiger partial charge in [0.2, 0.25) is 0 Å². The Hall–Kier alpha value is -1.36. The van der Waals surface area contributed by atoms with Crippen molar-refractivity contribution in [3.63, 3.8) is 0 Å². The van der Waals surface area contributed by atoms with E-state index in [-0.39, 0.29) is 17.6 Å². The number of rotatable bonds is 4. The van der Waals surface area contributed by atoms with Gasteiger partial charge in [-0.05, 0) is 19.9 Å². The monoisotopic (exact) mass is 197 g/mol. The van der Waals surface area contributed by atoms with Crippen molar-refractivity contribution in [2.75, 3.05) is 12.3 Å². The lowest BCUT2D eigenvalue weighted by Crippen LogP contribution is -2.25. The average molecular weight is 197 g/mol. The van der Waals surface area contributed by atoms with Crippen molar-refractivity contribution in [1.82, 2.24) is 9.55 Å². The van der Waals surface area contributed by atoms with E-state index in [1.807, 2.05) is 13.8 Å². The highest BCUT2D eigenvalue weighted by molar-refractivity contribution is 5.23. The molecule has 0 unspecified atom stereocenters. The Morgan fingerprint density at radius 1 is 1.64 bits per heavy atom. The van der Waals surface area contributed by atoms with Crippen molar-refractivity contribution in [1.29, 1.82) is 0 Å². The highest BCUT2D eigenvalue weighted by Gasteiger charge is 1.98. The minimum Gasteiger partial charge on any atom is -0.383 e. The molecule has 1 heterocycles. The van der Waals surface area contributed by atoms with E-state index < -0.39 is 0 Å². The van der Waals surface area contributed by atoms with Crippen molar-refractivity contribution in [2.24, 2.45) is 0 Å². The summed E-state index contributed by atoms with van der Waals surface area (Å²) in [5.41, 5.74) is 5.01. The molecule has 0 spiro atoms. The van der Waals surface area contributed by atoms with Gasteiger partial charge in [-0.25, -0.2) is 4.79 Å². The van der Waals surface area contributed by atoms with Gasteiger partial charge >= 0.3 is 5.69 Å². The summed E-state index contributed by atoms with van der Waals surface area (Å²) in [4.78, 5) is 14.8. The molecule has 1 aromatic rings. The van der Waals surface area contributed by atoms with Crippen LogP contribution in [0.2, 0.25) is 0 Å². The molecule has 0 aromatic carbocycles. The number of nitrogens with zero attached hydrogens (tertiary/aromatic N) is 2. The third-order valence-electron chi connectivity index (χ3n) is 1.68. The van der Waals surface area contributed by atoms with Crippen LogP contribution in [0.25, 0.3) is 0 Å². The lowest BCUT2D eigenvalue weighted by Gasteiger charge is -2.08. The number of anilines is 1. The van der Waals surface area contributed by atoms with Crippen LogP contribution in [0.15, 0.2) is 17.1 Å². The first-order valence-electron chi connectivity index (χ1n) is 4.54. The summed E-state index contributed by atoms with van der Waals surface area (Å²) in [7, 11) is 0. The van der Waals surface area contributed by atoms with E-state index in [2.05, 4.69) is 4.98 Å². The molecule has 14 heavy (non-hydrogen) atoms. The third-order valence-corrected chi connectivity index (χ3v) is 1.68. The Balaban J connectivity index is 2.55. The quantitative estimate of drug-likeness (QED) is 0.751. The van der Waals surface area contributed by atoms with Crippen LogP contribution in [0.3, 0.4) is 0 Å². The second kappa shape index (κ2) is 4.76. The molecule has 0 aliphatic heterocycles. The topological polar surface area (TPSA) is 70.1 Å². The van der Waals surface area contributed by atoms with E-state index in [0.717, 1.165) is 0 Å². The smallest absolute Gasteiger partial charge is 0.349 e. The third kappa shape index (κ3) is 3.18. The zero-order chi connectivity index (χ0) is 10.6. The standard InChI is InChI=1S/C9H15N3O2/c1-7(2)14-6-5-12-4-3-8(10)11-9(12)13/h3-4,7H,5-6H2,1-2H3,(H2,10,11,13). The van der Waals surface area contributed by atoms with Crippen molar-refractivity contribution in [3.05, 3.63) is 22.7 Å². The van der Waals surface area contributed by atoms with Crippen molar-refractivity contribution >= 4 is 5.82 Å². The number of nitrogens with two attached hydrogens (primary N) is 1. The highest BCUT2D eigenvalue weighted by Crippen LogP contribution is 1.91. The molecule has 2 N–H and O–H groups in total. The van der Waals surface area contributed by atoms with Gasteiger partial charge in [-0.2, -0.15) is 4.98 Å². The van der Waals surface area contributed by atoms with Crippen molar-refractivity contribution in [2.45, 2.75) is 26.5 Å². The Labute approximate surface area is 82.5 Å². The van der Waals surface area contributed by atoms with Crippen LogP contribution in [0.1, 0.15) is 13.8 Å². The van der Waals surface area contributed by atoms with Gasteiger partial charge in [0.25, 0.3) is 0 Å². The molecule has 0 amide bonds. The summed E-state index contributed by atoms with van der Waals surface area (Å²) in [6.07, 6.45) is 1.79. The van der Waals surface area contributed by atoms with Crippen molar-refractivity contribution in [3.8, 4) is 0 Å². The van der Waals surface area contributed by atoms with Crippen LogP contribution in [0.4, 0.5) is 5.82 Å². The van der Waals surface area contributed by atoms with E-state index in [9.17, 15) is 4.79 Å². The van der Waals surface area contributed by atoms with Gasteiger partial charge < -0.3 is 10.5 Å². The second-order valence-corrected chi connectivity index (χ2v) is 3.25. The SMILES string of the molecule is CC(C)OCCn1ccc(N)nc1=O. The summed E-state index contributed by atoms with van der Waals surface area (Å²) in [6, 6.07) is 1.59. The van der Waals surface area contributed by atoms with E-state index in [0.29, 0.717) is 13.2 Å². The predicted octanol–water partition coefficient (Wildman–Crippen LogP) is 0.251. The summed E-state index contributed by atoms with van der Waals surface area (Å²) >= 11 is 0. The largest absolute Gasteiger partial charge is 0.383 e. The zero-order valence-electron chi connectivity index (χ0n) is 8.43. The second-order valence-electron chi connectivity index (χ2n) is 3.25. The molecule has 0 radical (unpaired) electrons. The fourth-order valence-corrected chi connectivity index (χ4v) is 0.999. The van der Waals surface area contributed by atoms with E-state index in [1.165, 1.54) is 4.57 Å². The number of hydrogen-bond acceptors (Lipinski definition) is 4. The Morgan fingerprint density at radius 3 is 2.93 bits per heavy atom. The molecule has 1 rings (SSSR count). The van der Waals surface area contributed by atoms with E-state index >= 15 is 0 Å². The zero-order valence-corrected chi connectivity index (χ0v) is 8.43. The van der Waals surface area contributed by atoms with Crippen LogP contribution in [-0.4, -0.2) is 22.3 Å². The molecule has 0 saturated heterocycles. The molecule has 78 valence electrons. The van der Waals surface area contributed by atoms with Crippen LogP contribution in [0.5, 0.6) is 0 Å². The minimum atomic E-state index is -0.336. The maximum Gasteiger partial charge on any atom is 0.349 e. The Bertz CT molecular complexity index is 346. The van der Waals surface area contributed by atoms with Gasteiger partial charge in [0.15, 0.2) is 0 Å². The van der Waals surface area contributed by atoms with Gasteiger partial charge in [0.05, 0.1) is 19.3 Å². The van der Waals surface area contributed by atoms with Crippen LogP contribution in [0, 0.1) is 0 Å². The number of ether oxygens (including phenoxy) is 1. The first-order valence-corrected chi connectivity index (χ1v) is 4.54.